The second-order valence-electron chi connectivity index (χ2n) is 5.22. The lowest BCUT2D eigenvalue weighted by Gasteiger charge is -2.14. The van der Waals surface area contributed by atoms with Gasteiger partial charge in [-0.2, -0.15) is 0 Å². The van der Waals surface area contributed by atoms with Crippen molar-refractivity contribution in [2.75, 3.05) is 13.2 Å². The lowest BCUT2D eigenvalue weighted by Crippen LogP contribution is -2.28. The molecule has 2 heteroatoms. The van der Waals surface area contributed by atoms with Crippen molar-refractivity contribution < 1.29 is 4.74 Å². The summed E-state index contributed by atoms with van der Waals surface area (Å²) in [6.45, 7) is 10.7. The smallest absolute Gasteiger partial charge is 0.119 e. The minimum absolute atomic E-state index is 0.528. The zero-order valence-electron chi connectivity index (χ0n) is 12.2. The molecule has 0 bridgehead atoms. The van der Waals surface area contributed by atoms with Gasteiger partial charge >= 0.3 is 0 Å². The molecule has 0 radical (unpaired) electrons. The van der Waals surface area contributed by atoms with E-state index in [1.807, 2.05) is 0 Å². The van der Waals surface area contributed by atoms with Gasteiger partial charge in [-0.15, -0.1) is 0 Å². The molecule has 1 unspecified atom stereocenters. The van der Waals surface area contributed by atoms with Crippen LogP contribution >= 0.6 is 0 Å². The summed E-state index contributed by atoms with van der Waals surface area (Å²) < 4.78 is 5.75. The van der Waals surface area contributed by atoms with Gasteiger partial charge in [-0.3, -0.25) is 0 Å². The van der Waals surface area contributed by atoms with Crippen LogP contribution in [0.5, 0.6) is 5.75 Å². The van der Waals surface area contributed by atoms with Gasteiger partial charge in [-0.1, -0.05) is 32.9 Å². The van der Waals surface area contributed by atoms with Crippen LogP contribution in [0.15, 0.2) is 24.3 Å². The molecule has 0 saturated carbocycles. The van der Waals surface area contributed by atoms with Crippen molar-refractivity contribution in [2.24, 2.45) is 0 Å². The first-order valence-corrected chi connectivity index (χ1v) is 7.09. The van der Waals surface area contributed by atoms with Crippen molar-refractivity contribution in [2.45, 2.75) is 52.5 Å². The molecule has 0 aliphatic heterocycles. The van der Waals surface area contributed by atoms with Crippen LogP contribution in [0.1, 0.15) is 52.0 Å². The molecule has 1 atom stereocenters. The quantitative estimate of drug-likeness (QED) is 0.753. The van der Waals surface area contributed by atoms with Crippen LogP contribution in [0.3, 0.4) is 0 Å². The highest BCUT2D eigenvalue weighted by atomic mass is 16.5. The van der Waals surface area contributed by atoms with Gasteiger partial charge in [-0.05, 0) is 49.9 Å². The normalized spacial score (nSPS) is 12.7. The number of rotatable bonds is 8. The van der Waals surface area contributed by atoms with E-state index in [9.17, 15) is 0 Å². The average Bonchev–Trinajstić information content (AvgIpc) is 2.37. The van der Waals surface area contributed by atoms with Crippen molar-refractivity contribution >= 4 is 0 Å². The van der Waals surface area contributed by atoms with Crippen LogP contribution in [-0.4, -0.2) is 19.2 Å². The summed E-state index contributed by atoms with van der Waals surface area (Å²) in [6.07, 6.45) is 2.23. The Hall–Kier alpha value is -1.02. The van der Waals surface area contributed by atoms with E-state index in [1.165, 1.54) is 12.0 Å². The van der Waals surface area contributed by atoms with Gasteiger partial charge in [0.1, 0.15) is 5.75 Å². The van der Waals surface area contributed by atoms with Gasteiger partial charge in [0.2, 0.25) is 0 Å². The molecule has 102 valence electrons. The number of nitrogens with one attached hydrogen (secondary N) is 1. The summed E-state index contributed by atoms with van der Waals surface area (Å²) in [4.78, 5) is 0. The fraction of sp³-hybridized carbons (Fsp3) is 0.625. The first-order chi connectivity index (χ1) is 8.63. The molecular weight excluding hydrogens is 222 g/mol. The molecular formula is C16H27NO. The number of hydrogen-bond acceptors (Lipinski definition) is 2. The summed E-state index contributed by atoms with van der Waals surface area (Å²) >= 11 is 0. The highest BCUT2D eigenvalue weighted by Gasteiger charge is 2.02. The highest BCUT2D eigenvalue weighted by molar-refractivity contribution is 5.28. The van der Waals surface area contributed by atoms with Crippen molar-refractivity contribution in [3.05, 3.63) is 29.8 Å². The third-order valence-electron chi connectivity index (χ3n) is 3.11. The Balaban J connectivity index is 2.26. The summed E-state index contributed by atoms with van der Waals surface area (Å²) in [6, 6.07) is 8.97. The van der Waals surface area contributed by atoms with Gasteiger partial charge in [0.05, 0.1) is 6.61 Å². The maximum atomic E-state index is 5.75. The Morgan fingerprint density at radius 2 is 1.78 bits per heavy atom. The molecule has 1 aromatic rings. The van der Waals surface area contributed by atoms with Crippen LogP contribution in [0.2, 0.25) is 0 Å². The van der Waals surface area contributed by atoms with E-state index in [-0.39, 0.29) is 0 Å². The largest absolute Gasteiger partial charge is 0.494 e. The fourth-order valence-corrected chi connectivity index (χ4v) is 1.80. The molecule has 0 aliphatic carbocycles. The van der Waals surface area contributed by atoms with Gasteiger partial charge in [0, 0.05) is 6.04 Å². The minimum Gasteiger partial charge on any atom is -0.494 e. The molecule has 0 amide bonds. The predicted molar refractivity (Wildman–Crippen MR) is 78.4 cm³/mol. The first kappa shape index (κ1) is 15.0. The Labute approximate surface area is 112 Å². The van der Waals surface area contributed by atoms with Crippen molar-refractivity contribution in [3.63, 3.8) is 0 Å². The number of benzene rings is 1. The van der Waals surface area contributed by atoms with Crippen molar-refractivity contribution in [1.82, 2.24) is 5.32 Å². The SMILES string of the molecule is CCCNC(C)CCOc1ccc(C(C)C)cc1. The molecule has 0 aromatic heterocycles. The average molecular weight is 249 g/mol. The lowest BCUT2D eigenvalue weighted by atomic mass is 10.0. The van der Waals surface area contributed by atoms with Crippen LogP contribution < -0.4 is 10.1 Å². The van der Waals surface area contributed by atoms with E-state index in [0.717, 1.165) is 25.3 Å². The Morgan fingerprint density at radius 3 is 2.33 bits per heavy atom. The van der Waals surface area contributed by atoms with E-state index in [4.69, 9.17) is 4.74 Å². The first-order valence-electron chi connectivity index (χ1n) is 7.09. The van der Waals surface area contributed by atoms with Gasteiger partial charge in [0.25, 0.3) is 0 Å². The molecule has 0 heterocycles. The fourth-order valence-electron chi connectivity index (χ4n) is 1.80. The summed E-state index contributed by atoms with van der Waals surface area (Å²) in [5, 5.41) is 3.46. The molecule has 0 fully saturated rings. The minimum atomic E-state index is 0.528. The third kappa shape index (κ3) is 5.54. The second kappa shape index (κ2) is 8.15. The van der Waals surface area contributed by atoms with Crippen molar-refractivity contribution in [3.8, 4) is 5.75 Å². The van der Waals surface area contributed by atoms with Crippen LogP contribution in [0.25, 0.3) is 0 Å². The Bertz CT molecular complexity index is 318. The summed E-state index contributed by atoms with van der Waals surface area (Å²) in [5.74, 6) is 1.56. The Morgan fingerprint density at radius 1 is 1.11 bits per heavy atom. The zero-order valence-corrected chi connectivity index (χ0v) is 12.2. The van der Waals surface area contributed by atoms with Crippen LogP contribution in [-0.2, 0) is 0 Å². The van der Waals surface area contributed by atoms with E-state index >= 15 is 0 Å². The van der Waals surface area contributed by atoms with Crippen molar-refractivity contribution in [1.29, 1.82) is 0 Å². The molecule has 2 nitrogen and oxygen atoms in total. The topological polar surface area (TPSA) is 21.3 Å². The molecule has 1 N–H and O–H groups in total. The van der Waals surface area contributed by atoms with E-state index in [2.05, 4.69) is 57.3 Å². The second-order valence-corrected chi connectivity index (χ2v) is 5.22. The van der Waals surface area contributed by atoms with Gasteiger partial charge in [-0.25, -0.2) is 0 Å². The highest BCUT2D eigenvalue weighted by Crippen LogP contribution is 2.18. The summed E-state index contributed by atoms with van der Waals surface area (Å²) in [7, 11) is 0. The van der Waals surface area contributed by atoms with E-state index in [1.54, 1.807) is 0 Å². The van der Waals surface area contributed by atoms with E-state index in [0.29, 0.717) is 12.0 Å². The third-order valence-corrected chi connectivity index (χ3v) is 3.11. The maximum Gasteiger partial charge on any atom is 0.119 e. The number of ether oxygens (including phenoxy) is 1. The predicted octanol–water partition coefficient (Wildman–Crippen LogP) is 3.97. The summed E-state index contributed by atoms with van der Waals surface area (Å²) in [5.41, 5.74) is 1.36. The molecule has 0 spiro atoms. The molecule has 0 saturated heterocycles. The number of hydrogen-bond donors (Lipinski definition) is 1. The standard InChI is InChI=1S/C16H27NO/c1-5-11-17-14(4)10-12-18-16-8-6-15(7-9-16)13(2)3/h6-9,13-14,17H,5,10-12H2,1-4H3. The lowest BCUT2D eigenvalue weighted by molar-refractivity contribution is 0.290. The molecule has 1 rings (SSSR count). The Kier molecular flexibility index (Phi) is 6.81. The zero-order chi connectivity index (χ0) is 13.4. The maximum absolute atomic E-state index is 5.75. The molecule has 0 aliphatic rings. The molecule has 1 aromatic carbocycles. The van der Waals surface area contributed by atoms with Crippen LogP contribution in [0.4, 0.5) is 0 Å². The monoisotopic (exact) mass is 249 g/mol. The van der Waals surface area contributed by atoms with E-state index < -0.39 is 0 Å². The molecule has 18 heavy (non-hydrogen) atoms. The van der Waals surface area contributed by atoms with Crippen LogP contribution in [0, 0.1) is 0 Å². The van der Waals surface area contributed by atoms with Gasteiger partial charge < -0.3 is 10.1 Å². The van der Waals surface area contributed by atoms with Gasteiger partial charge in [0.15, 0.2) is 0 Å².